The van der Waals surface area contributed by atoms with Crippen molar-refractivity contribution < 1.29 is 4.79 Å². The van der Waals surface area contributed by atoms with Crippen molar-refractivity contribution in [3.63, 3.8) is 0 Å². The SMILES string of the molecule is CC(C)n1nccc1NC(=O)CN1CCCC1CN. The van der Waals surface area contributed by atoms with Gasteiger partial charge in [0, 0.05) is 24.7 Å². The molecular weight excluding hydrogens is 242 g/mol. The minimum atomic E-state index is 0.00255. The second-order valence-electron chi connectivity index (χ2n) is 5.31. The predicted octanol–water partition coefficient (Wildman–Crippen LogP) is 0.826. The summed E-state index contributed by atoms with van der Waals surface area (Å²) in [6.07, 6.45) is 3.92. The smallest absolute Gasteiger partial charge is 0.239 e. The second-order valence-corrected chi connectivity index (χ2v) is 5.31. The molecule has 6 heteroatoms. The molecular formula is C13H23N5O. The van der Waals surface area contributed by atoms with Crippen molar-refractivity contribution in [3.05, 3.63) is 12.3 Å². The highest BCUT2D eigenvalue weighted by molar-refractivity contribution is 5.91. The van der Waals surface area contributed by atoms with Crippen molar-refractivity contribution in [2.75, 3.05) is 25.0 Å². The van der Waals surface area contributed by atoms with Crippen molar-refractivity contribution in [1.29, 1.82) is 0 Å². The van der Waals surface area contributed by atoms with Crippen molar-refractivity contribution in [2.45, 2.75) is 38.8 Å². The summed E-state index contributed by atoms with van der Waals surface area (Å²) in [5.74, 6) is 0.756. The number of anilines is 1. The van der Waals surface area contributed by atoms with Crippen LogP contribution in [0.4, 0.5) is 5.82 Å². The molecule has 0 radical (unpaired) electrons. The summed E-state index contributed by atoms with van der Waals surface area (Å²) in [5.41, 5.74) is 5.71. The van der Waals surface area contributed by atoms with E-state index in [1.807, 2.05) is 24.6 Å². The van der Waals surface area contributed by atoms with Crippen molar-refractivity contribution in [1.82, 2.24) is 14.7 Å². The highest BCUT2D eigenvalue weighted by atomic mass is 16.2. The summed E-state index contributed by atoms with van der Waals surface area (Å²) in [5, 5.41) is 7.12. The number of nitrogens with two attached hydrogens (primary N) is 1. The first kappa shape index (κ1) is 14.0. The van der Waals surface area contributed by atoms with E-state index in [1.165, 1.54) is 0 Å². The van der Waals surface area contributed by atoms with Crippen LogP contribution in [-0.2, 0) is 4.79 Å². The molecule has 0 spiro atoms. The predicted molar refractivity (Wildman–Crippen MR) is 74.9 cm³/mol. The van der Waals surface area contributed by atoms with Gasteiger partial charge in [-0.1, -0.05) is 0 Å². The first-order chi connectivity index (χ1) is 9.11. The number of likely N-dealkylation sites (tertiary alicyclic amines) is 1. The van der Waals surface area contributed by atoms with E-state index in [-0.39, 0.29) is 11.9 Å². The monoisotopic (exact) mass is 265 g/mol. The van der Waals surface area contributed by atoms with Gasteiger partial charge < -0.3 is 11.1 Å². The molecule has 0 aromatic carbocycles. The van der Waals surface area contributed by atoms with Crippen molar-refractivity contribution >= 4 is 11.7 Å². The third-order valence-electron chi connectivity index (χ3n) is 3.54. The second kappa shape index (κ2) is 6.16. The number of hydrogen-bond donors (Lipinski definition) is 2. The van der Waals surface area contributed by atoms with Crippen molar-refractivity contribution in [3.8, 4) is 0 Å². The summed E-state index contributed by atoms with van der Waals surface area (Å²) >= 11 is 0. The topological polar surface area (TPSA) is 76.2 Å². The van der Waals surface area contributed by atoms with Gasteiger partial charge in [0.1, 0.15) is 5.82 Å². The largest absolute Gasteiger partial charge is 0.329 e. The number of nitrogens with one attached hydrogen (secondary N) is 1. The van der Waals surface area contributed by atoms with Gasteiger partial charge in [-0.15, -0.1) is 0 Å². The zero-order chi connectivity index (χ0) is 13.8. The Kier molecular flexibility index (Phi) is 4.55. The van der Waals surface area contributed by atoms with E-state index in [1.54, 1.807) is 6.20 Å². The Balaban J connectivity index is 1.92. The van der Waals surface area contributed by atoms with E-state index in [0.717, 1.165) is 25.2 Å². The molecule has 2 heterocycles. The molecule has 0 bridgehead atoms. The summed E-state index contributed by atoms with van der Waals surface area (Å²) < 4.78 is 1.81. The zero-order valence-electron chi connectivity index (χ0n) is 11.7. The van der Waals surface area contributed by atoms with Crippen LogP contribution in [-0.4, -0.2) is 46.3 Å². The Morgan fingerprint density at radius 2 is 2.42 bits per heavy atom. The molecule has 1 saturated heterocycles. The number of rotatable bonds is 5. The molecule has 1 fully saturated rings. The van der Waals surface area contributed by atoms with Gasteiger partial charge in [-0.25, -0.2) is 4.68 Å². The van der Waals surface area contributed by atoms with Gasteiger partial charge in [-0.05, 0) is 33.2 Å². The number of carbonyl (C=O) groups is 1. The Bertz CT molecular complexity index is 428. The molecule has 106 valence electrons. The molecule has 0 saturated carbocycles. The van der Waals surface area contributed by atoms with E-state index in [0.29, 0.717) is 19.1 Å². The van der Waals surface area contributed by atoms with Crippen LogP contribution in [0.15, 0.2) is 12.3 Å². The van der Waals surface area contributed by atoms with E-state index < -0.39 is 0 Å². The quantitative estimate of drug-likeness (QED) is 0.826. The van der Waals surface area contributed by atoms with Crippen LogP contribution in [0.1, 0.15) is 32.7 Å². The molecule has 3 N–H and O–H groups in total. The molecule has 1 aromatic heterocycles. The molecule has 1 aliphatic rings. The number of nitrogens with zero attached hydrogens (tertiary/aromatic N) is 3. The fourth-order valence-corrected chi connectivity index (χ4v) is 2.56. The molecule has 1 unspecified atom stereocenters. The molecule has 6 nitrogen and oxygen atoms in total. The molecule has 2 rings (SSSR count). The minimum Gasteiger partial charge on any atom is -0.329 e. The lowest BCUT2D eigenvalue weighted by Gasteiger charge is -2.22. The maximum atomic E-state index is 12.1. The lowest BCUT2D eigenvalue weighted by atomic mass is 10.2. The van der Waals surface area contributed by atoms with Gasteiger partial charge in [0.2, 0.25) is 5.91 Å². The highest BCUT2D eigenvalue weighted by Crippen LogP contribution is 2.17. The third-order valence-corrected chi connectivity index (χ3v) is 3.54. The van der Waals surface area contributed by atoms with Gasteiger partial charge in [0.25, 0.3) is 0 Å². The van der Waals surface area contributed by atoms with Gasteiger partial charge in [-0.2, -0.15) is 5.10 Å². The van der Waals surface area contributed by atoms with Crippen LogP contribution in [0.5, 0.6) is 0 Å². The van der Waals surface area contributed by atoms with Crippen LogP contribution in [0, 0.1) is 0 Å². The van der Waals surface area contributed by atoms with Crippen LogP contribution in [0.25, 0.3) is 0 Å². The van der Waals surface area contributed by atoms with E-state index in [4.69, 9.17) is 5.73 Å². The lowest BCUT2D eigenvalue weighted by molar-refractivity contribution is -0.117. The van der Waals surface area contributed by atoms with E-state index >= 15 is 0 Å². The Morgan fingerprint density at radius 3 is 3.11 bits per heavy atom. The maximum absolute atomic E-state index is 12.1. The number of carbonyl (C=O) groups excluding carboxylic acids is 1. The Labute approximate surface area is 113 Å². The van der Waals surface area contributed by atoms with Gasteiger partial charge in [-0.3, -0.25) is 9.69 Å². The fraction of sp³-hybridized carbons (Fsp3) is 0.692. The normalized spacial score (nSPS) is 20.1. The number of hydrogen-bond acceptors (Lipinski definition) is 4. The Morgan fingerprint density at radius 1 is 1.63 bits per heavy atom. The molecule has 1 amide bonds. The van der Waals surface area contributed by atoms with E-state index in [9.17, 15) is 4.79 Å². The maximum Gasteiger partial charge on any atom is 0.239 e. The molecule has 1 aliphatic heterocycles. The number of aromatic nitrogens is 2. The van der Waals surface area contributed by atoms with Crippen molar-refractivity contribution in [2.24, 2.45) is 5.73 Å². The average molecular weight is 265 g/mol. The number of amides is 1. The summed E-state index contributed by atoms with van der Waals surface area (Å²) in [6.45, 7) is 6.06. The summed E-state index contributed by atoms with van der Waals surface area (Å²) in [6, 6.07) is 2.40. The Hall–Kier alpha value is -1.40. The van der Waals surface area contributed by atoms with Gasteiger partial charge in [0.05, 0.1) is 12.7 Å². The van der Waals surface area contributed by atoms with Crippen LogP contribution in [0.3, 0.4) is 0 Å². The molecule has 0 aliphatic carbocycles. The molecule has 19 heavy (non-hydrogen) atoms. The van der Waals surface area contributed by atoms with Crippen LogP contribution < -0.4 is 11.1 Å². The molecule has 1 aromatic rings. The average Bonchev–Trinajstić information content (AvgIpc) is 2.97. The van der Waals surface area contributed by atoms with Gasteiger partial charge >= 0.3 is 0 Å². The fourth-order valence-electron chi connectivity index (χ4n) is 2.56. The third kappa shape index (κ3) is 3.33. The van der Waals surface area contributed by atoms with Crippen LogP contribution in [0.2, 0.25) is 0 Å². The first-order valence-electron chi connectivity index (χ1n) is 6.89. The van der Waals surface area contributed by atoms with Gasteiger partial charge in [0.15, 0.2) is 0 Å². The van der Waals surface area contributed by atoms with Crippen LogP contribution >= 0.6 is 0 Å². The van der Waals surface area contributed by atoms with E-state index in [2.05, 4.69) is 15.3 Å². The summed E-state index contributed by atoms with van der Waals surface area (Å²) in [7, 11) is 0. The molecule has 1 atom stereocenters. The summed E-state index contributed by atoms with van der Waals surface area (Å²) in [4.78, 5) is 14.2. The minimum absolute atomic E-state index is 0.00255. The standard InChI is InChI=1S/C13H23N5O/c1-10(2)18-12(5-6-15-18)16-13(19)9-17-7-3-4-11(17)8-14/h5-6,10-11H,3-4,7-9,14H2,1-2H3,(H,16,19). The first-order valence-corrected chi connectivity index (χ1v) is 6.89. The highest BCUT2D eigenvalue weighted by Gasteiger charge is 2.25. The lowest BCUT2D eigenvalue weighted by Crippen LogP contribution is -2.40. The zero-order valence-corrected chi connectivity index (χ0v) is 11.7.